The van der Waals surface area contributed by atoms with Crippen molar-refractivity contribution in [1.82, 2.24) is 5.32 Å². The van der Waals surface area contributed by atoms with E-state index in [-0.39, 0.29) is 6.10 Å². The molecule has 0 aliphatic rings. The van der Waals surface area contributed by atoms with E-state index in [1.807, 2.05) is 6.92 Å². The Morgan fingerprint density at radius 2 is 1.50 bits per heavy atom. The highest BCUT2D eigenvalue weighted by Crippen LogP contribution is 2.08. The van der Waals surface area contributed by atoms with Gasteiger partial charge in [-0.3, -0.25) is 0 Å². The van der Waals surface area contributed by atoms with Gasteiger partial charge in [0.2, 0.25) is 0 Å². The molecule has 122 valence electrons. The van der Waals surface area contributed by atoms with Gasteiger partial charge in [0, 0.05) is 13.7 Å². The number of rotatable bonds is 16. The molecular weight excluding hydrogens is 254 g/mol. The van der Waals surface area contributed by atoms with E-state index >= 15 is 0 Å². The summed E-state index contributed by atoms with van der Waals surface area (Å²) in [5.74, 6) is 0. The van der Waals surface area contributed by atoms with Gasteiger partial charge in [-0.1, -0.05) is 32.1 Å². The zero-order valence-corrected chi connectivity index (χ0v) is 13.5. The molecule has 20 heavy (non-hydrogen) atoms. The molecule has 4 heteroatoms. The van der Waals surface area contributed by atoms with Gasteiger partial charge in [-0.15, -0.1) is 0 Å². The van der Waals surface area contributed by atoms with E-state index in [4.69, 9.17) is 14.6 Å². The van der Waals surface area contributed by atoms with Crippen molar-refractivity contribution in [2.75, 3.05) is 40.0 Å². The second kappa shape index (κ2) is 16.9. The average molecular weight is 289 g/mol. The van der Waals surface area contributed by atoms with Crippen LogP contribution in [-0.4, -0.2) is 51.2 Å². The molecule has 0 fully saturated rings. The summed E-state index contributed by atoms with van der Waals surface area (Å²) in [5, 5.41) is 12.6. The lowest BCUT2D eigenvalue weighted by Crippen LogP contribution is -2.18. The number of hydrogen-bond donors (Lipinski definition) is 2. The van der Waals surface area contributed by atoms with E-state index in [0.29, 0.717) is 13.2 Å². The summed E-state index contributed by atoms with van der Waals surface area (Å²) >= 11 is 0. The quantitative estimate of drug-likeness (QED) is 0.429. The first-order valence-electron chi connectivity index (χ1n) is 8.23. The van der Waals surface area contributed by atoms with Crippen LogP contribution in [0.2, 0.25) is 0 Å². The molecule has 0 aliphatic carbocycles. The smallest absolute Gasteiger partial charge is 0.0700 e. The minimum Gasteiger partial charge on any atom is -0.393 e. The largest absolute Gasteiger partial charge is 0.393 e. The van der Waals surface area contributed by atoms with Gasteiger partial charge in [-0.2, -0.15) is 0 Å². The standard InChI is InChI=1S/C16H35NO3/c1-16(18)10-7-5-3-4-6-8-11-17-12-9-13-20-15-14-19-2/h16-18H,3-15H2,1-2H3. The molecule has 0 spiro atoms. The summed E-state index contributed by atoms with van der Waals surface area (Å²) in [4.78, 5) is 0. The van der Waals surface area contributed by atoms with E-state index < -0.39 is 0 Å². The van der Waals surface area contributed by atoms with Crippen LogP contribution >= 0.6 is 0 Å². The highest BCUT2D eigenvalue weighted by atomic mass is 16.5. The Morgan fingerprint density at radius 1 is 0.850 bits per heavy atom. The molecule has 0 saturated heterocycles. The van der Waals surface area contributed by atoms with E-state index in [0.717, 1.165) is 32.5 Å². The highest BCUT2D eigenvalue weighted by molar-refractivity contribution is 4.52. The fraction of sp³-hybridized carbons (Fsp3) is 1.00. The van der Waals surface area contributed by atoms with Crippen molar-refractivity contribution >= 4 is 0 Å². The Morgan fingerprint density at radius 3 is 2.20 bits per heavy atom. The maximum absolute atomic E-state index is 9.13. The maximum atomic E-state index is 9.13. The monoisotopic (exact) mass is 289 g/mol. The Hall–Kier alpha value is -0.160. The molecule has 0 radical (unpaired) electrons. The van der Waals surface area contributed by atoms with E-state index in [1.165, 1.54) is 38.5 Å². The van der Waals surface area contributed by atoms with Gasteiger partial charge in [-0.05, 0) is 39.3 Å². The molecule has 1 unspecified atom stereocenters. The predicted molar refractivity (Wildman–Crippen MR) is 84.2 cm³/mol. The van der Waals surface area contributed by atoms with Gasteiger partial charge in [0.15, 0.2) is 0 Å². The van der Waals surface area contributed by atoms with Gasteiger partial charge in [-0.25, -0.2) is 0 Å². The first kappa shape index (κ1) is 19.8. The van der Waals surface area contributed by atoms with Gasteiger partial charge < -0.3 is 19.9 Å². The summed E-state index contributed by atoms with van der Waals surface area (Å²) in [5.41, 5.74) is 0. The molecule has 0 saturated carbocycles. The van der Waals surface area contributed by atoms with Crippen LogP contribution in [0.15, 0.2) is 0 Å². The van der Waals surface area contributed by atoms with Crippen molar-refractivity contribution in [3.05, 3.63) is 0 Å². The maximum Gasteiger partial charge on any atom is 0.0700 e. The van der Waals surface area contributed by atoms with Gasteiger partial charge >= 0.3 is 0 Å². The SMILES string of the molecule is COCCOCCCNCCCCCCCCC(C)O. The summed E-state index contributed by atoms with van der Waals surface area (Å²) in [6, 6.07) is 0. The predicted octanol–water partition coefficient (Wildman–Crippen LogP) is 2.74. The van der Waals surface area contributed by atoms with E-state index in [9.17, 15) is 0 Å². The number of hydrogen-bond acceptors (Lipinski definition) is 4. The molecule has 0 bridgehead atoms. The van der Waals surface area contributed by atoms with Gasteiger partial charge in [0.25, 0.3) is 0 Å². The Kier molecular flexibility index (Phi) is 16.8. The van der Waals surface area contributed by atoms with Crippen molar-refractivity contribution in [1.29, 1.82) is 0 Å². The fourth-order valence-electron chi connectivity index (χ4n) is 2.07. The highest BCUT2D eigenvalue weighted by Gasteiger charge is 1.96. The van der Waals surface area contributed by atoms with Crippen molar-refractivity contribution in [2.45, 2.75) is 64.4 Å². The summed E-state index contributed by atoms with van der Waals surface area (Å²) in [7, 11) is 1.69. The van der Waals surface area contributed by atoms with Crippen molar-refractivity contribution in [3.8, 4) is 0 Å². The van der Waals surface area contributed by atoms with Crippen LogP contribution in [0, 0.1) is 0 Å². The Labute approximate surface area is 125 Å². The van der Waals surface area contributed by atoms with Crippen LogP contribution in [0.4, 0.5) is 0 Å². The molecule has 0 aromatic heterocycles. The van der Waals surface area contributed by atoms with Gasteiger partial charge in [0.1, 0.15) is 0 Å². The number of aliphatic hydroxyl groups excluding tert-OH is 1. The molecule has 2 N–H and O–H groups in total. The first-order valence-corrected chi connectivity index (χ1v) is 8.23. The molecule has 0 aromatic carbocycles. The fourth-order valence-corrected chi connectivity index (χ4v) is 2.07. The molecule has 4 nitrogen and oxygen atoms in total. The Bertz CT molecular complexity index is 177. The molecular formula is C16H35NO3. The van der Waals surface area contributed by atoms with Crippen LogP contribution in [0.3, 0.4) is 0 Å². The van der Waals surface area contributed by atoms with Crippen LogP contribution in [0.25, 0.3) is 0 Å². The average Bonchev–Trinajstić information content (AvgIpc) is 2.43. The molecule has 0 aliphatic heterocycles. The lowest BCUT2D eigenvalue weighted by atomic mass is 10.1. The first-order chi connectivity index (χ1) is 9.77. The molecule has 0 heterocycles. The van der Waals surface area contributed by atoms with Crippen molar-refractivity contribution < 1.29 is 14.6 Å². The second-order valence-corrected chi connectivity index (χ2v) is 5.47. The molecule has 0 amide bonds. The number of aliphatic hydroxyl groups is 1. The normalized spacial score (nSPS) is 12.8. The molecule has 1 atom stereocenters. The number of unbranched alkanes of at least 4 members (excludes halogenated alkanes) is 5. The van der Waals surface area contributed by atoms with Gasteiger partial charge in [0.05, 0.1) is 19.3 Å². The third-order valence-electron chi connectivity index (χ3n) is 3.30. The Balaban J connectivity index is 2.92. The summed E-state index contributed by atoms with van der Waals surface area (Å²) < 4.78 is 10.3. The summed E-state index contributed by atoms with van der Waals surface area (Å²) in [6.45, 7) is 6.23. The number of nitrogens with one attached hydrogen (secondary N) is 1. The van der Waals surface area contributed by atoms with Crippen molar-refractivity contribution in [3.63, 3.8) is 0 Å². The second-order valence-electron chi connectivity index (χ2n) is 5.47. The zero-order valence-electron chi connectivity index (χ0n) is 13.5. The summed E-state index contributed by atoms with van der Waals surface area (Å²) in [6.07, 6.45) is 9.53. The van der Waals surface area contributed by atoms with Crippen molar-refractivity contribution in [2.24, 2.45) is 0 Å². The van der Waals surface area contributed by atoms with Crippen LogP contribution in [-0.2, 0) is 9.47 Å². The molecule has 0 rings (SSSR count). The number of methoxy groups -OCH3 is 1. The lowest BCUT2D eigenvalue weighted by Gasteiger charge is -2.06. The van der Waals surface area contributed by atoms with Crippen LogP contribution in [0.1, 0.15) is 58.3 Å². The van der Waals surface area contributed by atoms with E-state index in [2.05, 4.69) is 5.32 Å². The van der Waals surface area contributed by atoms with Crippen LogP contribution < -0.4 is 5.32 Å². The number of ether oxygens (including phenoxy) is 2. The van der Waals surface area contributed by atoms with E-state index in [1.54, 1.807) is 7.11 Å². The third kappa shape index (κ3) is 17.8. The minimum atomic E-state index is -0.127. The minimum absolute atomic E-state index is 0.127. The topological polar surface area (TPSA) is 50.7 Å². The molecule has 0 aromatic rings. The van der Waals surface area contributed by atoms with Crippen LogP contribution in [0.5, 0.6) is 0 Å². The lowest BCUT2D eigenvalue weighted by molar-refractivity contribution is 0.0695. The third-order valence-corrected chi connectivity index (χ3v) is 3.30. The zero-order chi connectivity index (χ0) is 14.9.